The van der Waals surface area contributed by atoms with Crippen LogP contribution in [0.25, 0.3) is 5.69 Å². The highest BCUT2D eigenvalue weighted by Gasteiger charge is 2.22. The number of hydrogen-bond acceptors (Lipinski definition) is 4. The Morgan fingerprint density at radius 1 is 1.33 bits per heavy atom. The van der Waals surface area contributed by atoms with Crippen LogP contribution in [-0.4, -0.2) is 27.2 Å². The van der Waals surface area contributed by atoms with Crippen LogP contribution in [-0.2, 0) is 0 Å². The van der Waals surface area contributed by atoms with Gasteiger partial charge >= 0.3 is 0 Å². The summed E-state index contributed by atoms with van der Waals surface area (Å²) in [6.45, 7) is 4.83. The molecule has 1 fully saturated rings. The topological polar surface area (TPSA) is 52.0 Å². The van der Waals surface area contributed by atoms with Crippen molar-refractivity contribution in [1.82, 2.24) is 19.9 Å². The van der Waals surface area contributed by atoms with Gasteiger partial charge in [-0.2, -0.15) is 0 Å². The molecule has 0 aromatic carbocycles. The summed E-state index contributed by atoms with van der Waals surface area (Å²) in [4.78, 5) is 8.66. The first kappa shape index (κ1) is 14.1. The van der Waals surface area contributed by atoms with E-state index in [1.54, 1.807) is 0 Å². The summed E-state index contributed by atoms with van der Waals surface area (Å²) >= 11 is 0. The highest BCUT2D eigenvalue weighted by atomic mass is 16.5. The fourth-order valence-electron chi connectivity index (χ4n) is 2.90. The molecule has 1 aliphatic rings. The van der Waals surface area contributed by atoms with Crippen LogP contribution >= 0.6 is 0 Å². The Bertz CT molecular complexity index is 578. The van der Waals surface area contributed by atoms with Gasteiger partial charge in [-0.3, -0.25) is 0 Å². The van der Waals surface area contributed by atoms with Crippen molar-refractivity contribution in [3.05, 3.63) is 36.5 Å². The predicted molar refractivity (Wildman–Crippen MR) is 81.7 cm³/mol. The van der Waals surface area contributed by atoms with Gasteiger partial charge in [-0.25, -0.2) is 9.97 Å². The van der Waals surface area contributed by atoms with Gasteiger partial charge in [0, 0.05) is 18.2 Å². The maximum absolute atomic E-state index is 5.39. The molecular formula is C16H22N4O. The minimum Gasteiger partial charge on any atom is -0.478 e. The van der Waals surface area contributed by atoms with E-state index >= 15 is 0 Å². The molecule has 2 aromatic heterocycles. The van der Waals surface area contributed by atoms with Gasteiger partial charge in [0.25, 0.3) is 0 Å². The first-order valence-electron chi connectivity index (χ1n) is 7.65. The van der Waals surface area contributed by atoms with Gasteiger partial charge in [-0.1, -0.05) is 0 Å². The second-order valence-electron chi connectivity index (χ2n) is 5.53. The van der Waals surface area contributed by atoms with E-state index in [1.807, 2.05) is 37.8 Å². The number of hydrogen-bond donors (Lipinski definition) is 1. The quantitative estimate of drug-likeness (QED) is 0.939. The largest absolute Gasteiger partial charge is 0.478 e. The normalized spacial score (nSPS) is 22.2. The lowest BCUT2D eigenvalue weighted by molar-refractivity contribution is 0.326. The molecule has 5 nitrogen and oxygen atoms in total. The third-order valence-corrected chi connectivity index (χ3v) is 3.93. The van der Waals surface area contributed by atoms with Gasteiger partial charge in [0.1, 0.15) is 0 Å². The number of rotatable bonds is 4. The third kappa shape index (κ3) is 3.08. The lowest BCUT2D eigenvalue weighted by Gasteiger charge is -2.29. The van der Waals surface area contributed by atoms with Gasteiger partial charge in [-0.05, 0) is 39.2 Å². The van der Waals surface area contributed by atoms with Crippen LogP contribution in [0.4, 0.5) is 0 Å². The van der Waals surface area contributed by atoms with Crippen LogP contribution in [0.2, 0.25) is 0 Å². The molecule has 21 heavy (non-hydrogen) atoms. The van der Waals surface area contributed by atoms with E-state index in [9.17, 15) is 0 Å². The molecule has 0 spiro atoms. The number of nitrogens with zero attached hydrogens (tertiary/aromatic N) is 3. The van der Waals surface area contributed by atoms with E-state index < -0.39 is 0 Å². The van der Waals surface area contributed by atoms with E-state index in [2.05, 4.69) is 26.8 Å². The highest BCUT2D eigenvalue weighted by molar-refractivity contribution is 5.34. The molecule has 2 unspecified atom stereocenters. The zero-order chi connectivity index (χ0) is 14.7. The van der Waals surface area contributed by atoms with E-state index in [4.69, 9.17) is 4.74 Å². The van der Waals surface area contributed by atoms with Crippen LogP contribution in [0, 0.1) is 0 Å². The number of nitrogens with one attached hydrogen (secondary N) is 1. The Morgan fingerprint density at radius 2 is 2.24 bits per heavy atom. The fourth-order valence-corrected chi connectivity index (χ4v) is 2.90. The maximum Gasteiger partial charge on any atom is 0.213 e. The van der Waals surface area contributed by atoms with Crippen LogP contribution in [0.5, 0.6) is 5.88 Å². The Kier molecular flexibility index (Phi) is 4.20. The first-order valence-corrected chi connectivity index (χ1v) is 7.65. The Hall–Kier alpha value is -1.88. The standard InChI is InChI=1S/C16H22N4O/c1-3-21-16-8-7-13(9-18-16)20-11-17-10-15(20)14-6-4-5-12(2)19-14/h7-12,14,19H,3-6H2,1-2H3. The van der Waals surface area contributed by atoms with Crippen LogP contribution in [0.1, 0.15) is 44.8 Å². The molecule has 3 heterocycles. The average molecular weight is 286 g/mol. The lowest BCUT2D eigenvalue weighted by atomic mass is 9.97. The number of imidazole rings is 1. The van der Waals surface area contributed by atoms with Crippen molar-refractivity contribution in [3.63, 3.8) is 0 Å². The summed E-state index contributed by atoms with van der Waals surface area (Å²) in [6, 6.07) is 4.85. The van der Waals surface area contributed by atoms with Gasteiger partial charge in [-0.15, -0.1) is 0 Å². The molecule has 2 atom stereocenters. The molecule has 0 amide bonds. The molecule has 5 heteroatoms. The average Bonchev–Trinajstić information content (AvgIpc) is 2.98. The van der Waals surface area contributed by atoms with E-state index in [0.29, 0.717) is 24.6 Å². The molecule has 2 aromatic rings. The fraction of sp³-hybridized carbons (Fsp3) is 0.500. The monoisotopic (exact) mass is 286 g/mol. The molecule has 0 radical (unpaired) electrons. The summed E-state index contributed by atoms with van der Waals surface area (Å²) in [5, 5.41) is 3.65. The Morgan fingerprint density at radius 3 is 2.95 bits per heavy atom. The molecule has 3 rings (SSSR count). The Balaban J connectivity index is 1.84. The van der Waals surface area contributed by atoms with Crippen LogP contribution in [0.3, 0.4) is 0 Å². The van der Waals surface area contributed by atoms with Crippen molar-refractivity contribution in [2.45, 2.75) is 45.2 Å². The van der Waals surface area contributed by atoms with Gasteiger partial charge < -0.3 is 14.6 Å². The third-order valence-electron chi connectivity index (χ3n) is 3.93. The summed E-state index contributed by atoms with van der Waals surface area (Å²) in [5.74, 6) is 0.660. The SMILES string of the molecule is CCOc1ccc(-n2cncc2C2CCCC(C)N2)cn1. The molecule has 0 aliphatic carbocycles. The molecule has 1 saturated heterocycles. The van der Waals surface area contributed by atoms with Crippen molar-refractivity contribution in [1.29, 1.82) is 0 Å². The van der Waals surface area contributed by atoms with E-state index in [-0.39, 0.29) is 0 Å². The number of ether oxygens (including phenoxy) is 1. The maximum atomic E-state index is 5.39. The van der Waals surface area contributed by atoms with Gasteiger partial charge in [0.2, 0.25) is 5.88 Å². The minimum atomic E-state index is 0.364. The minimum absolute atomic E-state index is 0.364. The molecule has 0 saturated carbocycles. The second kappa shape index (κ2) is 6.26. The van der Waals surface area contributed by atoms with E-state index in [1.165, 1.54) is 18.5 Å². The molecule has 0 bridgehead atoms. The first-order chi connectivity index (χ1) is 10.3. The second-order valence-corrected chi connectivity index (χ2v) is 5.53. The number of pyridine rings is 1. The van der Waals surface area contributed by atoms with Crippen molar-refractivity contribution in [2.24, 2.45) is 0 Å². The zero-order valence-corrected chi connectivity index (χ0v) is 12.6. The lowest BCUT2D eigenvalue weighted by Crippen LogP contribution is -2.35. The van der Waals surface area contributed by atoms with Crippen LogP contribution < -0.4 is 10.1 Å². The van der Waals surface area contributed by atoms with E-state index in [0.717, 1.165) is 12.1 Å². The molecule has 1 aliphatic heterocycles. The predicted octanol–water partition coefficient (Wildman–Crippen LogP) is 2.87. The van der Waals surface area contributed by atoms with Crippen molar-refractivity contribution in [2.75, 3.05) is 6.61 Å². The number of aromatic nitrogens is 3. The van der Waals surface area contributed by atoms with Crippen molar-refractivity contribution < 1.29 is 4.74 Å². The Labute approximate surface area is 125 Å². The van der Waals surface area contributed by atoms with Gasteiger partial charge in [0.15, 0.2) is 0 Å². The molecule has 112 valence electrons. The molecular weight excluding hydrogens is 264 g/mol. The zero-order valence-electron chi connectivity index (χ0n) is 12.6. The highest BCUT2D eigenvalue weighted by Crippen LogP contribution is 2.27. The molecule has 1 N–H and O–H groups in total. The van der Waals surface area contributed by atoms with Gasteiger partial charge in [0.05, 0.1) is 36.7 Å². The summed E-state index contributed by atoms with van der Waals surface area (Å²) in [7, 11) is 0. The van der Waals surface area contributed by atoms with Crippen molar-refractivity contribution in [3.8, 4) is 11.6 Å². The summed E-state index contributed by atoms with van der Waals surface area (Å²) in [5.41, 5.74) is 2.22. The summed E-state index contributed by atoms with van der Waals surface area (Å²) in [6.07, 6.45) is 9.30. The van der Waals surface area contributed by atoms with Crippen LogP contribution in [0.15, 0.2) is 30.9 Å². The number of piperidine rings is 1. The smallest absolute Gasteiger partial charge is 0.213 e. The summed E-state index contributed by atoms with van der Waals surface area (Å²) < 4.78 is 7.50. The van der Waals surface area contributed by atoms with Crippen molar-refractivity contribution >= 4 is 0 Å².